The predicted molar refractivity (Wildman–Crippen MR) is 79.5 cm³/mol. The minimum absolute atomic E-state index is 0.301. The van der Waals surface area contributed by atoms with Crippen molar-refractivity contribution in [1.29, 1.82) is 0 Å². The third-order valence-electron chi connectivity index (χ3n) is 2.57. The molecule has 1 aromatic rings. The number of carbonyl (C=O) groups is 2. The second kappa shape index (κ2) is 6.33. The monoisotopic (exact) mass is 318 g/mol. The summed E-state index contributed by atoms with van der Waals surface area (Å²) >= 11 is 11.6. The molecular weight excluding hydrogens is 303 g/mol. The molecule has 5 nitrogen and oxygen atoms in total. The number of carboxylic acid groups (broad SMARTS) is 1. The van der Waals surface area contributed by atoms with Crippen LogP contribution in [0.25, 0.3) is 0 Å². The second-order valence-electron chi connectivity index (χ2n) is 5.36. The zero-order chi connectivity index (χ0) is 15.5. The van der Waals surface area contributed by atoms with Gasteiger partial charge >= 0.3 is 12.0 Å². The third kappa shape index (κ3) is 4.58. The standard InChI is InChI=1S/C13H16Cl2N2O3/c1-13(2,3)10(11(18)19)17-12(20)16-7-4-5-8(14)9(15)6-7/h4-6,10H,1-3H3,(H,18,19)(H2,16,17,20). The summed E-state index contributed by atoms with van der Waals surface area (Å²) in [5, 5.41) is 14.7. The van der Waals surface area contributed by atoms with Crippen LogP contribution >= 0.6 is 23.2 Å². The number of amides is 2. The summed E-state index contributed by atoms with van der Waals surface area (Å²) < 4.78 is 0. The molecule has 1 rings (SSSR count). The van der Waals surface area contributed by atoms with Crippen LogP contribution in [0.3, 0.4) is 0 Å². The predicted octanol–water partition coefficient (Wildman–Crippen LogP) is 3.61. The van der Waals surface area contributed by atoms with Crippen LogP contribution in [-0.4, -0.2) is 23.1 Å². The highest BCUT2D eigenvalue weighted by atomic mass is 35.5. The number of carboxylic acids is 1. The molecule has 0 saturated heterocycles. The Hall–Kier alpha value is -1.46. The molecule has 0 saturated carbocycles. The largest absolute Gasteiger partial charge is 0.480 e. The van der Waals surface area contributed by atoms with Crippen LogP contribution in [0.2, 0.25) is 10.0 Å². The van der Waals surface area contributed by atoms with Crippen LogP contribution in [0, 0.1) is 5.41 Å². The van der Waals surface area contributed by atoms with Crippen molar-refractivity contribution in [3.05, 3.63) is 28.2 Å². The van der Waals surface area contributed by atoms with E-state index >= 15 is 0 Å². The van der Waals surface area contributed by atoms with E-state index in [-0.39, 0.29) is 0 Å². The van der Waals surface area contributed by atoms with Crippen molar-refractivity contribution in [1.82, 2.24) is 5.32 Å². The number of aliphatic carboxylic acids is 1. The summed E-state index contributed by atoms with van der Waals surface area (Å²) in [5.41, 5.74) is -0.184. The fourth-order valence-corrected chi connectivity index (χ4v) is 1.82. The maximum atomic E-state index is 11.8. The summed E-state index contributed by atoms with van der Waals surface area (Å²) in [6.45, 7) is 5.18. The number of anilines is 1. The molecule has 1 atom stereocenters. The number of hydrogen-bond acceptors (Lipinski definition) is 2. The first-order chi connectivity index (χ1) is 9.11. The highest BCUT2D eigenvalue weighted by Crippen LogP contribution is 2.25. The minimum Gasteiger partial charge on any atom is -0.480 e. The zero-order valence-electron chi connectivity index (χ0n) is 11.3. The molecule has 20 heavy (non-hydrogen) atoms. The molecule has 110 valence electrons. The number of nitrogens with one attached hydrogen (secondary N) is 2. The van der Waals surface area contributed by atoms with Crippen LogP contribution in [0.15, 0.2) is 18.2 Å². The third-order valence-corrected chi connectivity index (χ3v) is 3.30. The maximum Gasteiger partial charge on any atom is 0.326 e. The minimum atomic E-state index is -1.10. The van der Waals surface area contributed by atoms with Gasteiger partial charge in [-0.25, -0.2) is 9.59 Å². The van der Waals surface area contributed by atoms with Gasteiger partial charge in [-0.1, -0.05) is 44.0 Å². The van der Waals surface area contributed by atoms with Crippen molar-refractivity contribution in [2.45, 2.75) is 26.8 Å². The van der Waals surface area contributed by atoms with Gasteiger partial charge in [0.05, 0.1) is 10.0 Å². The van der Waals surface area contributed by atoms with Crippen LogP contribution < -0.4 is 10.6 Å². The molecule has 1 aromatic carbocycles. The van der Waals surface area contributed by atoms with Gasteiger partial charge < -0.3 is 15.7 Å². The van der Waals surface area contributed by atoms with Crippen molar-refractivity contribution in [2.24, 2.45) is 5.41 Å². The van der Waals surface area contributed by atoms with Crippen molar-refractivity contribution in [2.75, 3.05) is 5.32 Å². The molecule has 0 bridgehead atoms. The number of benzene rings is 1. The molecule has 2 amide bonds. The van der Waals surface area contributed by atoms with Gasteiger partial charge in [-0.2, -0.15) is 0 Å². The van der Waals surface area contributed by atoms with E-state index in [1.165, 1.54) is 12.1 Å². The van der Waals surface area contributed by atoms with E-state index in [2.05, 4.69) is 10.6 Å². The van der Waals surface area contributed by atoms with E-state index in [0.29, 0.717) is 15.7 Å². The molecule has 1 unspecified atom stereocenters. The van der Waals surface area contributed by atoms with Crippen LogP contribution in [0.4, 0.5) is 10.5 Å². The van der Waals surface area contributed by atoms with Crippen molar-refractivity contribution in [3.8, 4) is 0 Å². The first kappa shape index (κ1) is 16.6. The van der Waals surface area contributed by atoms with Gasteiger partial charge in [0.2, 0.25) is 0 Å². The zero-order valence-corrected chi connectivity index (χ0v) is 12.8. The van der Waals surface area contributed by atoms with Gasteiger partial charge in [-0.05, 0) is 23.6 Å². The maximum absolute atomic E-state index is 11.8. The Kier molecular flexibility index (Phi) is 5.25. The first-order valence-electron chi connectivity index (χ1n) is 5.86. The lowest BCUT2D eigenvalue weighted by molar-refractivity contribution is -0.141. The fourth-order valence-electron chi connectivity index (χ4n) is 1.52. The van der Waals surface area contributed by atoms with E-state index in [1.807, 2.05) is 0 Å². The topological polar surface area (TPSA) is 78.4 Å². The van der Waals surface area contributed by atoms with Gasteiger partial charge in [0.15, 0.2) is 0 Å². The van der Waals surface area contributed by atoms with E-state index in [4.69, 9.17) is 28.3 Å². The number of urea groups is 1. The smallest absolute Gasteiger partial charge is 0.326 e. The number of carbonyl (C=O) groups excluding carboxylic acids is 1. The highest BCUT2D eigenvalue weighted by molar-refractivity contribution is 6.42. The normalized spacial score (nSPS) is 12.7. The molecule has 0 heterocycles. The fraction of sp³-hybridized carbons (Fsp3) is 0.385. The van der Waals surface area contributed by atoms with Gasteiger partial charge in [-0.15, -0.1) is 0 Å². The van der Waals surface area contributed by atoms with Gasteiger partial charge in [0, 0.05) is 5.69 Å². The van der Waals surface area contributed by atoms with E-state index in [1.54, 1.807) is 26.8 Å². The Labute approximate surface area is 127 Å². The Balaban J connectivity index is 2.76. The van der Waals surface area contributed by atoms with Gasteiger partial charge in [0.25, 0.3) is 0 Å². The first-order valence-corrected chi connectivity index (χ1v) is 6.62. The molecule has 0 aliphatic heterocycles. The summed E-state index contributed by atoms with van der Waals surface area (Å²) in [6, 6.07) is 2.96. The van der Waals surface area contributed by atoms with Crippen molar-refractivity contribution in [3.63, 3.8) is 0 Å². The van der Waals surface area contributed by atoms with Gasteiger partial charge in [0.1, 0.15) is 6.04 Å². The van der Waals surface area contributed by atoms with Crippen molar-refractivity contribution >= 4 is 40.9 Å². The number of hydrogen-bond donors (Lipinski definition) is 3. The number of rotatable bonds is 3. The molecular formula is C13H16Cl2N2O3. The molecule has 3 N–H and O–H groups in total. The van der Waals surface area contributed by atoms with Crippen LogP contribution in [0.5, 0.6) is 0 Å². The van der Waals surface area contributed by atoms with Crippen molar-refractivity contribution < 1.29 is 14.7 Å². The summed E-state index contributed by atoms with van der Waals surface area (Å²) in [7, 11) is 0. The number of halogens is 2. The van der Waals surface area contributed by atoms with E-state index in [0.717, 1.165) is 0 Å². The Morgan fingerprint density at radius 3 is 2.25 bits per heavy atom. The summed E-state index contributed by atoms with van der Waals surface area (Å²) in [6.07, 6.45) is 0. The lowest BCUT2D eigenvalue weighted by Gasteiger charge is -2.27. The van der Waals surface area contributed by atoms with Gasteiger partial charge in [-0.3, -0.25) is 0 Å². The highest BCUT2D eigenvalue weighted by Gasteiger charge is 2.32. The Morgan fingerprint density at radius 2 is 1.80 bits per heavy atom. The van der Waals surface area contributed by atoms with Crippen LogP contribution in [-0.2, 0) is 4.79 Å². The second-order valence-corrected chi connectivity index (χ2v) is 6.18. The molecule has 0 radical (unpaired) electrons. The average molecular weight is 319 g/mol. The summed E-state index contributed by atoms with van der Waals surface area (Å²) in [4.78, 5) is 23.0. The lowest BCUT2D eigenvalue weighted by atomic mass is 9.87. The molecule has 0 fully saturated rings. The molecule has 0 spiro atoms. The lowest BCUT2D eigenvalue weighted by Crippen LogP contribution is -2.50. The van der Waals surface area contributed by atoms with E-state index < -0.39 is 23.5 Å². The Bertz CT molecular complexity index is 527. The SMILES string of the molecule is CC(C)(C)C(NC(=O)Nc1ccc(Cl)c(Cl)c1)C(=O)O. The van der Waals surface area contributed by atoms with E-state index in [9.17, 15) is 9.59 Å². The quantitative estimate of drug-likeness (QED) is 0.796. The Morgan fingerprint density at radius 1 is 1.20 bits per heavy atom. The molecule has 0 aliphatic rings. The van der Waals surface area contributed by atoms with Crippen LogP contribution in [0.1, 0.15) is 20.8 Å². The average Bonchev–Trinajstić information content (AvgIpc) is 2.29. The molecule has 7 heteroatoms. The molecule has 0 aromatic heterocycles. The molecule has 0 aliphatic carbocycles. The summed E-state index contributed by atoms with van der Waals surface area (Å²) in [5.74, 6) is -1.10.